The first-order valence-electron chi connectivity index (χ1n) is 30.8. The molecule has 0 aliphatic carbocycles. The molecule has 7 aromatic carbocycles. The number of pyridine rings is 2. The predicted molar refractivity (Wildman–Crippen MR) is 346 cm³/mol. The number of fused-ring (bicyclic) bond motifs is 2. The Morgan fingerprint density at radius 2 is 1.02 bits per heavy atom. The maximum Gasteiger partial charge on any atom is 0.176 e. The lowest BCUT2D eigenvalue weighted by molar-refractivity contribution is 0.0315. The summed E-state index contributed by atoms with van der Waals surface area (Å²) in [5, 5.41) is 27.2. The van der Waals surface area contributed by atoms with E-state index >= 15 is 0 Å². The van der Waals surface area contributed by atoms with Crippen LogP contribution in [0.2, 0.25) is 0 Å². The topological polar surface area (TPSA) is 137 Å². The minimum absolute atomic E-state index is 0.0124. The summed E-state index contributed by atoms with van der Waals surface area (Å²) >= 11 is 0. The quantitative estimate of drug-likeness (QED) is 0.0635. The molecule has 11 nitrogen and oxygen atoms in total. The van der Waals surface area contributed by atoms with Crippen LogP contribution in [0.1, 0.15) is 102 Å². The van der Waals surface area contributed by atoms with Gasteiger partial charge in [0.1, 0.15) is 22.9 Å². The fourth-order valence-electron chi connectivity index (χ4n) is 13.9. The van der Waals surface area contributed by atoms with Crippen LogP contribution in [0.5, 0.6) is 0 Å². The number of carbonyl (C=O) groups excluding carboxylic acids is 2. The number of hydrogen-bond acceptors (Lipinski definition) is 10. The largest absolute Gasteiger partial charge is 0.396 e. The van der Waals surface area contributed by atoms with Gasteiger partial charge in [0.25, 0.3) is 0 Å². The highest BCUT2D eigenvalue weighted by molar-refractivity contribution is 6.16. The SMILES string of the molecule is Cc1cc(-c2nn(C(c3ccccc3)(c3ccccc3)c3ccccc3)c3ccc(C(=O)CN4CCCC(CO)(Cc5ccccc5F)C4)cc23)ccn1.Cc1cc(C2=NCc3ccc(C(=O)CN4CCCC(CO)(Cc5ccccc5F)C4)cc32)ccn1. The van der Waals surface area contributed by atoms with Gasteiger partial charge >= 0.3 is 0 Å². The molecule has 0 amide bonds. The van der Waals surface area contributed by atoms with Crippen LogP contribution in [-0.4, -0.2) is 110 Å². The minimum atomic E-state index is -0.854. The van der Waals surface area contributed by atoms with Crippen molar-refractivity contribution in [2.24, 2.45) is 15.8 Å². The maximum absolute atomic E-state index is 14.7. The van der Waals surface area contributed by atoms with Gasteiger partial charge in [0, 0.05) is 80.9 Å². The average Bonchev–Trinajstić information content (AvgIpc) is 1.73. The normalized spacial score (nSPS) is 17.8. The number of aromatic nitrogens is 4. The molecule has 2 fully saturated rings. The van der Waals surface area contributed by atoms with Crippen LogP contribution in [0.15, 0.2) is 218 Å². The van der Waals surface area contributed by atoms with Crippen molar-refractivity contribution >= 4 is 28.2 Å². The summed E-state index contributed by atoms with van der Waals surface area (Å²) in [5.41, 5.74) is 12.2. The van der Waals surface area contributed by atoms with Crippen molar-refractivity contribution in [1.82, 2.24) is 29.5 Å². The highest BCUT2D eigenvalue weighted by Gasteiger charge is 2.42. The standard InChI is InChI=1S/C47H43FN4O2.C29H30FN3O2/c1-34-28-36(24-26-49-34)45-41-29-35(44(54)31-51-27-13-25-46(32-51,33-53)30-37-14-11-12-21-42(37)48)22-23-43(41)52(50-45)47(38-15-5-2-6-16-38,39-17-7-3-8-18-39)40-19-9-4-10-20-40;1-20-13-22(9-11-31-20)28-25-14-21(7-8-24(25)16-32-28)27(35)17-33-12-4-10-29(18-33,19-34)15-23-5-2-3-6-26(23)30/h2-12,14-24,26,28-29,53H,13,25,27,30-33H2,1H3;2-3,5-9,11,13-14,34H,4,10,12,15-19H2,1H3. The van der Waals surface area contributed by atoms with E-state index in [1.165, 1.54) is 12.1 Å². The average molecular weight is 1190 g/mol. The van der Waals surface area contributed by atoms with Crippen LogP contribution < -0.4 is 0 Å². The van der Waals surface area contributed by atoms with Crippen molar-refractivity contribution in [1.29, 1.82) is 0 Å². The number of carbonyl (C=O) groups is 2. The Labute approximate surface area is 519 Å². The smallest absolute Gasteiger partial charge is 0.176 e. The number of benzene rings is 7. The van der Waals surface area contributed by atoms with Crippen molar-refractivity contribution in [2.45, 2.75) is 64.5 Å². The molecule has 2 unspecified atom stereocenters. The van der Waals surface area contributed by atoms with E-state index in [4.69, 9.17) is 10.1 Å². The van der Waals surface area contributed by atoms with Gasteiger partial charge in [-0.15, -0.1) is 0 Å². The molecule has 0 saturated carbocycles. The molecule has 2 saturated heterocycles. The second-order valence-corrected chi connectivity index (χ2v) is 24.5. The third kappa shape index (κ3) is 12.7. The number of piperidine rings is 2. The zero-order chi connectivity index (χ0) is 61.5. The number of ketones is 2. The van der Waals surface area contributed by atoms with Gasteiger partial charge in [0.15, 0.2) is 11.6 Å². The number of halogens is 2. The van der Waals surface area contributed by atoms with E-state index in [9.17, 15) is 28.6 Å². The summed E-state index contributed by atoms with van der Waals surface area (Å²) in [4.78, 5) is 45.2. The number of aliphatic imine (C=N–C) groups is 1. The number of rotatable bonds is 18. The van der Waals surface area contributed by atoms with Crippen LogP contribution in [0, 0.1) is 36.3 Å². The van der Waals surface area contributed by atoms with E-state index in [1.807, 2.05) is 105 Å². The Morgan fingerprint density at radius 3 is 1.53 bits per heavy atom. The van der Waals surface area contributed by atoms with Crippen LogP contribution in [0.3, 0.4) is 0 Å². The molecule has 3 aliphatic heterocycles. The number of aliphatic hydroxyl groups excluding tert-OH is 2. The molecule has 450 valence electrons. The fourth-order valence-corrected chi connectivity index (χ4v) is 13.9. The summed E-state index contributed by atoms with van der Waals surface area (Å²) in [6.07, 6.45) is 7.74. The molecular weight excluding hydrogens is 1110 g/mol. The van der Waals surface area contributed by atoms with Gasteiger partial charge < -0.3 is 10.2 Å². The van der Waals surface area contributed by atoms with Gasteiger partial charge in [-0.3, -0.25) is 34.3 Å². The van der Waals surface area contributed by atoms with Gasteiger partial charge in [0.2, 0.25) is 0 Å². The highest BCUT2D eigenvalue weighted by Crippen LogP contribution is 2.45. The molecule has 0 bridgehead atoms. The van der Waals surface area contributed by atoms with Crippen molar-refractivity contribution < 1.29 is 28.6 Å². The van der Waals surface area contributed by atoms with Gasteiger partial charge in [0.05, 0.1) is 44.1 Å². The molecule has 13 rings (SSSR count). The molecule has 6 heterocycles. The summed E-state index contributed by atoms with van der Waals surface area (Å²) < 4.78 is 31.1. The van der Waals surface area contributed by atoms with Gasteiger partial charge in [-0.05, 0) is 160 Å². The number of hydrogen-bond donors (Lipinski definition) is 2. The van der Waals surface area contributed by atoms with Crippen LogP contribution in [0.25, 0.3) is 22.2 Å². The second kappa shape index (κ2) is 26.4. The fraction of sp³-hybridized carbons (Fsp3) is 0.263. The van der Waals surface area contributed by atoms with Crippen molar-refractivity contribution in [3.05, 3.63) is 291 Å². The Kier molecular flexibility index (Phi) is 17.9. The van der Waals surface area contributed by atoms with E-state index in [2.05, 4.69) is 97.2 Å². The highest BCUT2D eigenvalue weighted by atomic mass is 19.1. The Bertz CT molecular complexity index is 4100. The maximum atomic E-state index is 14.7. The zero-order valence-electron chi connectivity index (χ0n) is 50.4. The van der Waals surface area contributed by atoms with Crippen molar-refractivity contribution in [3.63, 3.8) is 0 Å². The van der Waals surface area contributed by atoms with Crippen LogP contribution >= 0.6 is 0 Å². The third-order valence-corrected chi connectivity index (χ3v) is 18.3. The van der Waals surface area contributed by atoms with E-state index in [1.54, 1.807) is 36.7 Å². The van der Waals surface area contributed by atoms with Crippen LogP contribution in [0.4, 0.5) is 8.78 Å². The lowest BCUT2D eigenvalue weighted by Crippen LogP contribution is -2.48. The number of aryl methyl sites for hydroxylation is 2. The van der Waals surface area contributed by atoms with Gasteiger partial charge in [-0.2, -0.15) is 5.10 Å². The number of Topliss-reactive ketones (excluding diaryl/α,β-unsaturated/α-hetero) is 2. The number of nitrogens with zero attached hydrogens (tertiary/aromatic N) is 7. The third-order valence-electron chi connectivity index (χ3n) is 18.3. The van der Waals surface area contributed by atoms with Gasteiger partial charge in [-0.1, -0.05) is 140 Å². The lowest BCUT2D eigenvalue weighted by Gasteiger charge is -2.42. The first kappa shape index (κ1) is 60.3. The second-order valence-electron chi connectivity index (χ2n) is 24.5. The zero-order valence-corrected chi connectivity index (χ0v) is 50.4. The monoisotopic (exact) mass is 1190 g/mol. The molecule has 0 radical (unpaired) electrons. The molecule has 13 heteroatoms. The first-order valence-corrected chi connectivity index (χ1v) is 30.8. The van der Waals surface area contributed by atoms with Crippen LogP contribution in [-0.2, 0) is 24.9 Å². The van der Waals surface area contributed by atoms with E-state index in [-0.39, 0.29) is 49.5 Å². The van der Waals surface area contributed by atoms with Gasteiger partial charge in [-0.25, -0.2) is 13.5 Å². The Morgan fingerprint density at radius 1 is 0.551 bits per heavy atom. The number of likely N-dealkylation sites (tertiary alicyclic amines) is 2. The van der Waals surface area contributed by atoms with E-state index in [0.29, 0.717) is 54.7 Å². The molecule has 0 spiro atoms. The Balaban J connectivity index is 0.000000190. The lowest BCUT2D eigenvalue weighted by atomic mass is 9.75. The van der Waals surface area contributed by atoms with E-state index < -0.39 is 16.4 Å². The molecule has 2 N–H and O–H groups in total. The summed E-state index contributed by atoms with van der Waals surface area (Å²) in [6, 6.07) is 64.7. The first-order chi connectivity index (χ1) is 43.4. The minimum Gasteiger partial charge on any atom is -0.396 e. The summed E-state index contributed by atoms with van der Waals surface area (Å²) in [5.74, 6) is -0.469. The number of aliphatic hydroxyl groups is 2. The summed E-state index contributed by atoms with van der Waals surface area (Å²) in [7, 11) is 0. The molecule has 10 aromatic rings. The Hall–Kier alpha value is -8.98. The molecule has 3 aliphatic rings. The predicted octanol–water partition coefficient (Wildman–Crippen LogP) is 13.3. The molecule has 3 aromatic heterocycles. The molecule has 89 heavy (non-hydrogen) atoms. The summed E-state index contributed by atoms with van der Waals surface area (Å²) in [6.45, 7) is 7.52. The molecule has 2 atom stereocenters. The van der Waals surface area contributed by atoms with E-state index in [0.717, 1.165) is 111 Å². The van der Waals surface area contributed by atoms with Crippen molar-refractivity contribution in [2.75, 3.05) is 52.5 Å². The van der Waals surface area contributed by atoms with Crippen molar-refractivity contribution in [3.8, 4) is 11.3 Å². The molecular formula is C76H73F2N7O4.